The normalized spacial score (nSPS) is 12.3. The van der Waals surface area contributed by atoms with E-state index < -0.39 is 17.7 Å². The van der Waals surface area contributed by atoms with Gasteiger partial charge in [0.2, 0.25) is 0 Å². The van der Waals surface area contributed by atoms with Crippen LogP contribution in [-0.4, -0.2) is 7.11 Å². The largest absolute Gasteiger partial charge is 0.497 e. The van der Waals surface area contributed by atoms with Gasteiger partial charge in [-0.3, -0.25) is 0 Å². The summed E-state index contributed by atoms with van der Waals surface area (Å²) in [6.45, 7) is 0. The summed E-state index contributed by atoms with van der Waals surface area (Å²) in [5, 5.41) is -0.261. The number of rotatable bonds is 3. The molecule has 0 aliphatic rings. The second kappa shape index (κ2) is 5.55. The molecule has 0 saturated heterocycles. The molecule has 0 heterocycles. The van der Waals surface area contributed by atoms with Gasteiger partial charge in [0.05, 0.1) is 18.2 Å². The molecule has 100 valence electrons. The zero-order valence-electron chi connectivity index (χ0n) is 10.2. The van der Waals surface area contributed by atoms with Crippen LogP contribution in [0.3, 0.4) is 0 Å². The van der Waals surface area contributed by atoms with Crippen LogP contribution < -0.4 is 10.5 Å². The molecule has 1 atom stereocenters. The number of benzene rings is 2. The average Bonchev–Trinajstić information content (AvgIpc) is 2.42. The average molecular weight is 284 g/mol. The van der Waals surface area contributed by atoms with Gasteiger partial charge < -0.3 is 10.5 Å². The molecule has 1 unspecified atom stereocenters. The molecule has 2 aromatic carbocycles. The molecule has 2 nitrogen and oxygen atoms in total. The Morgan fingerprint density at radius 2 is 1.74 bits per heavy atom. The van der Waals surface area contributed by atoms with E-state index in [-0.39, 0.29) is 10.6 Å². The Bertz CT molecular complexity index is 587. The maximum atomic E-state index is 13.8. The number of halogens is 3. The molecule has 0 radical (unpaired) electrons. The van der Waals surface area contributed by atoms with Crippen molar-refractivity contribution >= 4 is 11.6 Å². The molecule has 2 aromatic rings. The molecule has 0 amide bonds. The molecule has 2 N–H and O–H groups in total. The van der Waals surface area contributed by atoms with Crippen LogP contribution in [0.25, 0.3) is 0 Å². The highest BCUT2D eigenvalue weighted by Gasteiger charge is 2.16. The molecular weight excluding hydrogens is 272 g/mol. The van der Waals surface area contributed by atoms with Crippen molar-refractivity contribution in [3.8, 4) is 5.75 Å². The summed E-state index contributed by atoms with van der Waals surface area (Å²) in [7, 11) is 1.54. The van der Waals surface area contributed by atoms with Crippen molar-refractivity contribution in [2.45, 2.75) is 6.04 Å². The monoisotopic (exact) mass is 283 g/mol. The minimum Gasteiger partial charge on any atom is -0.497 e. The quantitative estimate of drug-likeness (QED) is 0.872. The first kappa shape index (κ1) is 13.8. The highest BCUT2D eigenvalue weighted by atomic mass is 35.5. The summed E-state index contributed by atoms with van der Waals surface area (Å²) in [5.41, 5.74) is 6.65. The fraction of sp³-hybridized carbons (Fsp3) is 0.143. The Morgan fingerprint density at radius 3 is 2.32 bits per heavy atom. The number of hydrogen-bond acceptors (Lipinski definition) is 2. The van der Waals surface area contributed by atoms with Crippen LogP contribution in [-0.2, 0) is 0 Å². The first-order chi connectivity index (χ1) is 9.02. The van der Waals surface area contributed by atoms with E-state index in [0.717, 1.165) is 12.1 Å². The molecule has 0 aliphatic carbocycles. The third-order valence-corrected chi connectivity index (χ3v) is 3.14. The first-order valence-electron chi connectivity index (χ1n) is 5.57. The summed E-state index contributed by atoms with van der Waals surface area (Å²) in [4.78, 5) is 0. The van der Waals surface area contributed by atoms with Crippen molar-refractivity contribution in [2.75, 3.05) is 7.11 Å². The van der Waals surface area contributed by atoms with Crippen molar-refractivity contribution in [3.05, 3.63) is 64.2 Å². The highest BCUT2D eigenvalue weighted by Crippen LogP contribution is 2.27. The van der Waals surface area contributed by atoms with E-state index in [4.69, 9.17) is 22.1 Å². The Kier molecular flexibility index (Phi) is 4.02. The molecule has 0 aliphatic heterocycles. The fourth-order valence-corrected chi connectivity index (χ4v) is 1.92. The van der Waals surface area contributed by atoms with E-state index in [0.29, 0.717) is 11.3 Å². The standard InChI is InChI=1S/C14H12ClF2NO/c1-19-9-4-2-8(3-5-9)14(18)10-6-13(17)11(15)7-12(10)16/h2-7,14H,18H2,1H3. The van der Waals surface area contributed by atoms with Gasteiger partial charge in [-0.15, -0.1) is 0 Å². The number of hydrogen-bond donors (Lipinski definition) is 1. The van der Waals surface area contributed by atoms with Crippen LogP contribution in [0.2, 0.25) is 5.02 Å². The van der Waals surface area contributed by atoms with Gasteiger partial charge in [0.15, 0.2) is 0 Å². The fourth-order valence-electron chi connectivity index (χ4n) is 1.77. The zero-order chi connectivity index (χ0) is 14.0. The van der Waals surface area contributed by atoms with Gasteiger partial charge in [0, 0.05) is 5.56 Å². The summed E-state index contributed by atoms with van der Waals surface area (Å²) < 4.78 is 32.2. The van der Waals surface area contributed by atoms with Gasteiger partial charge in [-0.05, 0) is 29.8 Å². The molecule has 2 rings (SSSR count). The Balaban J connectivity index is 2.37. The summed E-state index contributed by atoms with van der Waals surface area (Å²) in [6, 6.07) is 8.00. The smallest absolute Gasteiger partial charge is 0.142 e. The molecule has 0 bridgehead atoms. The van der Waals surface area contributed by atoms with Crippen molar-refractivity contribution < 1.29 is 13.5 Å². The van der Waals surface area contributed by atoms with Crippen LogP contribution in [0.4, 0.5) is 8.78 Å². The minimum atomic E-state index is -0.766. The number of nitrogens with two attached hydrogens (primary N) is 1. The van der Waals surface area contributed by atoms with Crippen molar-refractivity contribution in [1.29, 1.82) is 0 Å². The lowest BCUT2D eigenvalue weighted by Crippen LogP contribution is -2.14. The third-order valence-electron chi connectivity index (χ3n) is 2.85. The van der Waals surface area contributed by atoms with E-state index in [1.165, 1.54) is 0 Å². The third kappa shape index (κ3) is 2.85. The second-order valence-electron chi connectivity index (χ2n) is 4.04. The van der Waals surface area contributed by atoms with Crippen molar-refractivity contribution in [3.63, 3.8) is 0 Å². The Morgan fingerprint density at radius 1 is 1.11 bits per heavy atom. The predicted molar refractivity (Wildman–Crippen MR) is 70.4 cm³/mol. The van der Waals surface area contributed by atoms with Crippen LogP contribution in [0.1, 0.15) is 17.2 Å². The molecular formula is C14H12ClF2NO. The van der Waals surface area contributed by atoms with Gasteiger partial charge in [0.1, 0.15) is 17.4 Å². The van der Waals surface area contributed by atoms with Gasteiger partial charge in [-0.25, -0.2) is 8.78 Å². The lowest BCUT2D eigenvalue weighted by Gasteiger charge is -2.14. The second-order valence-corrected chi connectivity index (χ2v) is 4.45. The number of ether oxygens (including phenoxy) is 1. The maximum Gasteiger partial charge on any atom is 0.142 e. The van der Waals surface area contributed by atoms with Crippen molar-refractivity contribution in [1.82, 2.24) is 0 Å². The van der Waals surface area contributed by atoms with Gasteiger partial charge >= 0.3 is 0 Å². The minimum absolute atomic E-state index is 0.0621. The molecule has 19 heavy (non-hydrogen) atoms. The zero-order valence-corrected chi connectivity index (χ0v) is 10.9. The van der Waals surface area contributed by atoms with E-state index in [2.05, 4.69) is 0 Å². The van der Waals surface area contributed by atoms with Crippen LogP contribution in [0.5, 0.6) is 5.75 Å². The predicted octanol–water partition coefficient (Wildman–Crippen LogP) is 3.67. The van der Waals surface area contributed by atoms with E-state index in [1.54, 1.807) is 31.4 Å². The topological polar surface area (TPSA) is 35.2 Å². The van der Waals surface area contributed by atoms with Gasteiger partial charge in [-0.1, -0.05) is 23.7 Å². The first-order valence-corrected chi connectivity index (χ1v) is 5.94. The van der Waals surface area contributed by atoms with Gasteiger partial charge in [-0.2, -0.15) is 0 Å². The van der Waals surface area contributed by atoms with Crippen molar-refractivity contribution in [2.24, 2.45) is 5.73 Å². The summed E-state index contributed by atoms with van der Waals surface area (Å²) >= 11 is 5.50. The van der Waals surface area contributed by atoms with Crippen LogP contribution in [0.15, 0.2) is 36.4 Å². The molecule has 5 heteroatoms. The lowest BCUT2D eigenvalue weighted by atomic mass is 9.99. The van der Waals surface area contributed by atoms with Crippen LogP contribution in [0, 0.1) is 11.6 Å². The summed E-state index contributed by atoms with van der Waals surface area (Å²) in [5.74, 6) is -0.657. The maximum absolute atomic E-state index is 13.8. The van der Waals surface area contributed by atoms with E-state index in [9.17, 15) is 8.78 Å². The molecule has 0 aromatic heterocycles. The van der Waals surface area contributed by atoms with E-state index in [1.807, 2.05) is 0 Å². The Hall–Kier alpha value is -1.65. The Labute approximate surface area is 114 Å². The van der Waals surface area contributed by atoms with Crippen LogP contribution >= 0.6 is 11.6 Å². The molecule has 0 spiro atoms. The van der Waals surface area contributed by atoms with Gasteiger partial charge in [0.25, 0.3) is 0 Å². The molecule has 0 saturated carbocycles. The summed E-state index contributed by atoms with van der Waals surface area (Å²) in [6.07, 6.45) is 0. The SMILES string of the molecule is COc1ccc(C(N)c2cc(F)c(Cl)cc2F)cc1. The highest BCUT2D eigenvalue weighted by molar-refractivity contribution is 6.30. The number of methoxy groups -OCH3 is 1. The lowest BCUT2D eigenvalue weighted by molar-refractivity contribution is 0.414. The van der Waals surface area contributed by atoms with E-state index >= 15 is 0 Å². The molecule has 0 fully saturated rings.